The third-order valence-corrected chi connectivity index (χ3v) is 4.01. The number of nitrogens with zero attached hydrogens (tertiary/aromatic N) is 1. The molecule has 0 aliphatic carbocycles. The summed E-state index contributed by atoms with van der Waals surface area (Å²) in [6, 6.07) is 14.2. The molecule has 2 aromatic rings. The lowest BCUT2D eigenvalue weighted by molar-refractivity contribution is 0.282. The summed E-state index contributed by atoms with van der Waals surface area (Å²) in [7, 11) is 0. The molecule has 0 saturated carbocycles. The minimum Gasteiger partial charge on any atom is -0.392 e. The van der Waals surface area contributed by atoms with E-state index in [1.165, 1.54) is 11.3 Å². The van der Waals surface area contributed by atoms with Crippen LogP contribution in [0.5, 0.6) is 0 Å². The summed E-state index contributed by atoms with van der Waals surface area (Å²) in [5, 5.41) is 10.2. The Morgan fingerprint density at radius 1 is 1.05 bits per heavy atom. The molecule has 0 radical (unpaired) electrons. The van der Waals surface area contributed by atoms with Crippen LogP contribution in [0, 0.1) is 0 Å². The second-order valence-corrected chi connectivity index (χ2v) is 5.19. The standard InChI is InChI=1S/C16H16ClNO/c17-14-7-3-9-16(13(14)11-19)18-10-4-6-12-5-1-2-8-15(12)18/h1-3,5,7-9,19H,4,6,10-11H2. The van der Waals surface area contributed by atoms with Gasteiger partial charge in [-0.15, -0.1) is 0 Å². The van der Waals surface area contributed by atoms with Crippen LogP contribution in [0.25, 0.3) is 0 Å². The molecule has 0 fully saturated rings. The van der Waals surface area contributed by atoms with E-state index >= 15 is 0 Å². The van der Waals surface area contributed by atoms with Crippen LogP contribution < -0.4 is 4.90 Å². The van der Waals surface area contributed by atoms with Crippen LogP contribution >= 0.6 is 11.6 Å². The van der Waals surface area contributed by atoms with Gasteiger partial charge in [0.05, 0.1) is 6.61 Å². The number of anilines is 2. The highest BCUT2D eigenvalue weighted by molar-refractivity contribution is 6.31. The first-order valence-electron chi connectivity index (χ1n) is 6.55. The highest BCUT2D eigenvalue weighted by Gasteiger charge is 2.20. The van der Waals surface area contributed by atoms with Crippen LogP contribution in [0.15, 0.2) is 42.5 Å². The van der Waals surface area contributed by atoms with Crippen molar-refractivity contribution < 1.29 is 5.11 Å². The molecule has 0 spiro atoms. The number of aryl methyl sites for hydroxylation is 1. The molecule has 0 bridgehead atoms. The Labute approximate surface area is 118 Å². The number of para-hydroxylation sites is 1. The lowest BCUT2D eigenvalue weighted by atomic mass is 10.00. The fourth-order valence-electron chi connectivity index (χ4n) is 2.74. The van der Waals surface area contributed by atoms with Crippen LogP contribution in [0.3, 0.4) is 0 Å². The normalized spacial score (nSPS) is 14.3. The van der Waals surface area contributed by atoms with Gasteiger partial charge in [0.25, 0.3) is 0 Å². The zero-order chi connectivity index (χ0) is 13.2. The van der Waals surface area contributed by atoms with Crippen LogP contribution in [-0.2, 0) is 13.0 Å². The summed E-state index contributed by atoms with van der Waals surface area (Å²) in [5.74, 6) is 0. The second kappa shape index (κ2) is 5.24. The Bertz CT molecular complexity index is 597. The predicted molar refractivity (Wildman–Crippen MR) is 79.1 cm³/mol. The maximum atomic E-state index is 9.57. The largest absolute Gasteiger partial charge is 0.392 e. The Balaban J connectivity index is 2.12. The fraction of sp³-hybridized carbons (Fsp3) is 0.250. The monoisotopic (exact) mass is 273 g/mol. The van der Waals surface area contributed by atoms with Crippen molar-refractivity contribution >= 4 is 23.0 Å². The van der Waals surface area contributed by atoms with E-state index in [4.69, 9.17) is 11.6 Å². The van der Waals surface area contributed by atoms with E-state index in [0.29, 0.717) is 5.02 Å². The third kappa shape index (κ3) is 2.22. The number of halogens is 1. The molecule has 3 rings (SSSR count). The number of aliphatic hydroxyl groups excluding tert-OH is 1. The summed E-state index contributed by atoms with van der Waals surface area (Å²) in [6.45, 7) is 0.929. The fourth-order valence-corrected chi connectivity index (χ4v) is 2.97. The summed E-state index contributed by atoms with van der Waals surface area (Å²) in [6.07, 6.45) is 2.23. The van der Waals surface area contributed by atoms with Crippen LogP contribution in [-0.4, -0.2) is 11.7 Å². The number of hydrogen-bond acceptors (Lipinski definition) is 2. The Morgan fingerprint density at radius 3 is 2.68 bits per heavy atom. The number of fused-ring (bicyclic) bond motifs is 1. The van der Waals surface area contributed by atoms with Gasteiger partial charge >= 0.3 is 0 Å². The molecule has 0 aromatic heterocycles. The number of benzene rings is 2. The molecular weight excluding hydrogens is 258 g/mol. The van der Waals surface area contributed by atoms with E-state index in [9.17, 15) is 5.11 Å². The van der Waals surface area contributed by atoms with Gasteiger partial charge in [-0.05, 0) is 36.6 Å². The van der Waals surface area contributed by atoms with Crippen molar-refractivity contribution in [2.75, 3.05) is 11.4 Å². The van der Waals surface area contributed by atoms with Crippen LogP contribution in [0.1, 0.15) is 17.5 Å². The van der Waals surface area contributed by atoms with Crippen molar-refractivity contribution in [1.82, 2.24) is 0 Å². The molecule has 2 nitrogen and oxygen atoms in total. The first-order chi connectivity index (χ1) is 9.31. The molecule has 1 aliphatic heterocycles. The Hall–Kier alpha value is -1.51. The van der Waals surface area contributed by atoms with E-state index in [-0.39, 0.29) is 6.61 Å². The van der Waals surface area contributed by atoms with Gasteiger partial charge in [0.15, 0.2) is 0 Å². The molecule has 0 amide bonds. The van der Waals surface area contributed by atoms with Gasteiger partial charge in [-0.1, -0.05) is 35.9 Å². The minimum absolute atomic E-state index is 0.0341. The van der Waals surface area contributed by atoms with Crippen molar-refractivity contribution in [2.45, 2.75) is 19.4 Å². The molecule has 0 saturated heterocycles. The van der Waals surface area contributed by atoms with E-state index in [1.807, 2.05) is 18.2 Å². The summed E-state index contributed by atoms with van der Waals surface area (Å²) in [5.41, 5.74) is 4.41. The maximum absolute atomic E-state index is 9.57. The zero-order valence-corrected chi connectivity index (χ0v) is 11.4. The number of hydrogen-bond donors (Lipinski definition) is 1. The molecule has 0 atom stereocenters. The molecule has 1 N–H and O–H groups in total. The number of rotatable bonds is 2. The van der Waals surface area contributed by atoms with Gasteiger partial charge in [-0.3, -0.25) is 0 Å². The number of aliphatic hydroxyl groups is 1. The SMILES string of the molecule is OCc1c(Cl)cccc1N1CCCc2ccccc21. The van der Waals surface area contributed by atoms with Crippen LogP contribution in [0.4, 0.5) is 11.4 Å². The molecule has 1 aliphatic rings. The van der Waals surface area contributed by atoms with E-state index in [2.05, 4.69) is 29.2 Å². The van der Waals surface area contributed by atoms with Crippen molar-refractivity contribution in [2.24, 2.45) is 0 Å². The quantitative estimate of drug-likeness (QED) is 0.897. The average molecular weight is 274 g/mol. The zero-order valence-electron chi connectivity index (χ0n) is 10.6. The second-order valence-electron chi connectivity index (χ2n) is 4.78. The molecular formula is C16H16ClNO. The van der Waals surface area contributed by atoms with Gasteiger partial charge in [0.1, 0.15) is 0 Å². The van der Waals surface area contributed by atoms with Gasteiger partial charge in [0, 0.05) is 28.5 Å². The van der Waals surface area contributed by atoms with Gasteiger partial charge in [-0.2, -0.15) is 0 Å². The lowest BCUT2D eigenvalue weighted by Gasteiger charge is -2.32. The topological polar surface area (TPSA) is 23.5 Å². The Kier molecular flexibility index (Phi) is 3.45. The van der Waals surface area contributed by atoms with Crippen molar-refractivity contribution in [3.8, 4) is 0 Å². The van der Waals surface area contributed by atoms with E-state index < -0.39 is 0 Å². The van der Waals surface area contributed by atoms with Crippen molar-refractivity contribution in [1.29, 1.82) is 0 Å². The molecule has 3 heteroatoms. The Morgan fingerprint density at radius 2 is 1.84 bits per heavy atom. The summed E-state index contributed by atoms with van der Waals surface area (Å²) < 4.78 is 0. The molecule has 0 unspecified atom stereocenters. The summed E-state index contributed by atoms with van der Waals surface area (Å²) in [4.78, 5) is 2.26. The first-order valence-corrected chi connectivity index (χ1v) is 6.93. The van der Waals surface area contributed by atoms with Gasteiger partial charge in [0.2, 0.25) is 0 Å². The highest BCUT2D eigenvalue weighted by Crippen LogP contribution is 2.37. The molecule has 1 heterocycles. The molecule has 98 valence electrons. The average Bonchev–Trinajstić information content (AvgIpc) is 2.46. The highest BCUT2D eigenvalue weighted by atomic mass is 35.5. The maximum Gasteiger partial charge on any atom is 0.0716 e. The molecule has 2 aromatic carbocycles. The minimum atomic E-state index is -0.0341. The smallest absolute Gasteiger partial charge is 0.0716 e. The van der Waals surface area contributed by atoms with Crippen LogP contribution in [0.2, 0.25) is 5.02 Å². The van der Waals surface area contributed by atoms with Crippen molar-refractivity contribution in [3.63, 3.8) is 0 Å². The van der Waals surface area contributed by atoms with Gasteiger partial charge in [-0.25, -0.2) is 0 Å². The first kappa shape index (κ1) is 12.5. The summed E-state index contributed by atoms with van der Waals surface area (Å²) >= 11 is 6.19. The van der Waals surface area contributed by atoms with E-state index in [1.54, 1.807) is 0 Å². The van der Waals surface area contributed by atoms with Gasteiger partial charge < -0.3 is 10.0 Å². The third-order valence-electron chi connectivity index (χ3n) is 3.65. The predicted octanol–water partition coefficient (Wildman–Crippen LogP) is 3.92. The van der Waals surface area contributed by atoms with Crippen molar-refractivity contribution in [3.05, 3.63) is 58.6 Å². The van der Waals surface area contributed by atoms with E-state index in [0.717, 1.165) is 30.6 Å². The lowest BCUT2D eigenvalue weighted by Crippen LogP contribution is -2.25. The molecule has 19 heavy (non-hydrogen) atoms.